The van der Waals surface area contributed by atoms with Gasteiger partial charge >= 0.3 is 0 Å². The van der Waals surface area contributed by atoms with E-state index in [9.17, 15) is 4.79 Å². The van der Waals surface area contributed by atoms with Crippen LogP contribution in [0.25, 0.3) is 10.9 Å². The zero-order chi connectivity index (χ0) is 18.2. The molecule has 0 radical (unpaired) electrons. The average Bonchev–Trinajstić information content (AvgIpc) is 3.34. The Morgan fingerprint density at radius 1 is 1.19 bits per heavy atom. The van der Waals surface area contributed by atoms with E-state index in [4.69, 9.17) is 0 Å². The third-order valence-electron chi connectivity index (χ3n) is 5.98. The van der Waals surface area contributed by atoms with Crippen LogP contribution in [-0.4, -0.2) is 40.3 Å². The Labute approximate surface area is 163 Å². The zero-order valence-electron chi connectivity index (χ0n) is 15.5. The molecule has 140 valence electrons. The topological polar surface area (TPSA) is 39.3 Å². The molecular weight excluding hydrogens is 354 g/mol. The smallest absolute Gasteiger partial charge is 0.237 e. The number of likely N-dealkylation sites (tertiary alicyclic amines) is 1. The van der Waals surface area contributed by atoms with Gasteiger partial charge < -0.3 is 9.88 Å². The summed E-state index contributed by atoms with van der Waals surface area (Å²) >= 11 is 1.85. The molecule has 5 heteroatoms. The SMILES string of the molecule is O=C(CN1CCc2sccc2C1)N1CCCCC1c1cc2ccccc2[nH]1. The number of para-hydroxylation sites is 1. The van der Waals surface area contributed by atoms with Crippen molar-refractivity contribution in [3.8, 4) is 0 Å². The maximum atomic E-state index is 13.2. The number of amides is 1. The fourth-order valence-corrected chi connectivity index (χ4v) is 5.44. The first-order chi connectivity index (χ1) is 13.3. The van der Waals surface area contributed by atoms with Crippen molar-refractivity contribution in [1.29, 1.82) is 0 Å². The number of nitrogens with zero attached hydrogens (tertiary/aromatic N) is 2. The molecule has 1 amide bonds. The molecule has 2 aliphatic rings. The fourth-order valence-electron chi connectivity index (χ4n) is 4.55. The lowest BCUT2D eigenvalue weighted by Gasteiger charge is -2.37. The van der Waals surface area contributed by atoms with Gasteiger partial charge in [0.1, 0.15) is 0 Å². The van der Waals surface area contributed by atoms with Gasteiger partial charge in [-0.3, -0.25) is 9.69 Å². The molecule has 1 aromatic carbocycles. The lowest BCUT2D eigenvalue weighted by molar-refractivity contribution is -0.136. The van der Waals surface area contributed by atoms with E-state index in [0.717, 1.165) is 44.4 Å². The number of nitrogens with one attached hydrogen (secondary N) is 1. The molecule has 1 unspecified atom stereocenters. The Kier molecular flexibility index (Phi) is 4.50. The molecule has 27 heavy (non-hydrogen) atoms. The van der Waals surface area contributed by atoms with Gasteiger partial charge in [0.25, 0.3) is 0 Å². The third-order valence-corrected chi connectivity index (χ3v) is 7.00. The second-order valence-corrected chi connectivity index (χ2v) is 8.74. The number of H-pyrrole nitrogens is 1. The number of benzene rings is 1. The summed E-state index contributed by atoms with van der Waals surface area (Å²) in [6.45, 7) is 3.31. The Balaban J connectivity index is 1.33. The zero-order valence-corrected chi connectivity index (χ0v) is 16.3. The summed E-state index contributed by atoms with van der Waals surface area (Å²) in [4.78, 5) is 22.7. The van der Waals surface area contributed by atoms with Crippen molar-refractivity contribution < 1.29 is 4.79 Å². The second-order valence-electron chi connectivity index (χ2n) is 7.74. The van der Waals surface area contributed by atoms with Crippen molar-refractivity contribution >= 4 is 28.1 Å². The molecule has 0 bridgehead atoms. The molecule has 2 aromatic heterocycles. The van der Waals surface area contributed by atoms with Gasteiger partial charge in [0.05, 0.1) is 12.6 Å². The van der Waals surface area contributed by atoms with Gasteiger partial charge in [0.15, 0.2) is 0 Å². The molecule has 1 saturated heterocycles. The van der Waals surface area contributed by atoms with Crippen LogP contribution >= 0.6 is 11.3 Å². The average molecular weight is 380 g/mol. The minimum absolute atomic E-state index is 0.181. The van der Waals surface area contributed by atoms with Crippen molar-refractivity contribution in [1.82, 2.24) is 14.8 Å². The van der Waals surface area contributed by atoms with Crippen molar-refractivity contribution in [2.75, 3.05) is 19.6 Å². The number of hydrogen-bond donors (Lipinski definition) is 1. The molecule has 1 fully saturated rings. The van der Waals surface area contributed by atoms with Crippen molar-refractivity contribution in [3.63, 3.8) is 0 Å². The maximum Gasteiger partial charge on any atom is 0.237 e. The summed E-state index contributed by atoms with van der Waals surface area (Å²) in [6.07, 6.45) is 4.42. The Morgan fingerprint density at radius 2 is 2.11 bits per heavy atom. The van der Waals surface area contributed by atoms with E-state index >= 15 is 0 Å². The number of rotatable bonds is 3. The van der Waals surface area contributed by atoms with Crippen LogP contribution in [0.4, 0.5) is 0 Å². The van der Waals surface area contributed by atoms with Gasteiger partial charge in [-0.1, -0.05) is 18.2 Å². The van der Waals surface area contributed by atoms with Crippen LogP contribution in [0.5, 0.6) is 0 Å². The van der Waals surface area contributed by atoms with Crippen molar-refractivity contribution in [2.24, 2.45) is 0 Å². The first kappa shape index (κ1) is 17.0. The van der Waals surface area contributed by atoms with Gasteiger partial charge in [-0.25, -0.2) is 0 Å². The van der Waals surface area contributed by atoms with Crippen LogP contribution in [0.2, 0.25) is 0 Å². The highest BCUT2D eigenvalue weighted by atomic mass is 32.1. The number of fused-ring (bicyclic) bond motifs is 2. The standard InChI is InChI=1S/C22H25N3OS/c26-22(15-24-11-8-21-17(14-24)9-12-27-21)25-10-4-3-7-20(25)19-13-16-5-1-2-6-18(16)23-19/h1-2,5-6,9,12-13,20,23H,3-4,7-8,10-11,14-15H2. The molecule has 4 nitrogen and oxygen atoms in total. The molecule has 2 aliphatic heterocycles. The van der Waals surface area contributed by atoms with Gasteiger partial charge in [-0.05, 0) is 60.2 Å². The monoisotopic (exact) mass is 379 g/mol. The van der Waals surface area contributed by atoms with Crippen LogP contribution in [-0.2, 0) is 17.8 Å². The van der Waals surface area contributed by atoms with E-state index < -0.39 is 0 Å². The number of aromatic nitrogens is 1. The van der Waals surface area contributed by atoms with E-state index in [1.165, 1.54) is 27.9 Å². The summed E-state index contributed by atoms with van der Waals surface area (Å²) in [5.41, 5.74) is 3.75. The van der Waals surface area contributed by atoms with Gasteiger partial charge in [0.2, 0.25) is 5.91 Å². The van der Waals surface area contributed by atoms with Crippen LogP contribution in [0, 0.1) is 0 Å². The van der Waals surface area contributed by atoms with E-state index in [1.54, 1.807) is 0 Å². The van der Waals surface area contributed by atoms with Crippen LogP contribution in [0.15, 0.2) is 41.8 Å². The summed E-state index contributed by atoms with van der Waals surface area (Å²) in [5.74, 6) is 0.275. The number of piperidine rings is 1. The minimum atomic E-state index is 0.181. The van der Waals surface area contributed by atoms with E-state index in [-0.39, 0.29) is 11.9 Å². The van der Waals surface area contributed by atoms with E-state index in [1.807, 2.05) is 11.3 Å². The highest BCUT2D eigenvalue weighted by molar-refractivity contribution is 7.10. The van der Waals surface area contributed by atoms with Gasteiger partial charge in [0, 0.05) is 35.7 Å². The molecule has 1 atom stereocenters. The third kappa shape index (κ3) is 3.30. The number of hydrogen-bond acceptors (Lipinski definition) is 3. The Bertz CT molecular complexity index is 926. The number of carbonyl (C=O) groups excluding carboxylic acids is 1. The van der Waals surface area contributed by atoms with Crippen LogP contribution in [0.1, 0.15) is 41.4 Å². The van der Waals surface area contributed by atoms with Gasteiger partial charge in [-0.2, -0.15) is 0 Å². The molecule has 4 heterocycles. The number of carbonyl (C=O) groups is 1. The summed E-state index contributed by atoms with van der Waals surface area (Å²) in [5, 5.41) is 3.40. The van der Waals surface area contributed by atoms with Crippen molar-refractivity contribution in [2.45, 2.75) is 38.3 Å². The highest BCUT2D eigenvalue weighted by Crippen LogP contribution is 2.33. The highest BCUT2D eigenvalue weighted by Gasteiger charge is 2.30. The lowest BCUT2D eigenvalue weighted by Crippen LogP contribution is -2.45. The van der Waals surface area contributed by atoms with E-state index in [0.29, 0.717) is 6.54 Å². The molecule has 0 aliphatic carbocycles. The minimum Gasteiger partial charge on any atom is -0.357 e. The predicted octanol–water partition coefficient (Wildman–Crippen LogP) is 4.34. The summed E-state index contributed by atoms with van der Waals surface area (Å²) in [7, 11) is 0. The second kappa shape index (κ2) is 7.13. The quantitative estimate of drug-likeness (QED) is 0.735. The normalized spacial score (nSPS) is 20.7. The summed E-state index contributed by atoms with van der Waals surface area (Å²) < 4.78 is 0. The Hall–Kier alpha value is -2.11. The van der Waals surface area contributed by atoms with Gasteiger partial charge in [-0.15, -0.1) is 11.3 Å². The fraction of sp³-hybridized carbons (Fsp3) is 0.409. The maximum absolute atomic E-state index is 13.2. The van der Waals surface area contributed by atoms with E-state index in [2.05, 4.69) is 56.6 Å². The molecule has 0 saturated carbocycles. The Morgan fingerprint density at radius 3 is 3.04 bits per heavy atom. The first-order valence-electron chi connectivity index (χ1n) is 9.92. The lowest BCUT2D eigenvalue weighted by atomic mass is 9.99. The molecule has 3 aromatic rings. The first-order valence-corrected chi connectivity index (χ1v) is 10.8. The predicted molar refractivity (Wildman–Crippen MR) is 110 cm³/mol. The number of thiophene rings is 1. The molecule has 0 spiro atoms. The van der Waals surface area contributed by atoms with Crippen LogP contribution < -0.4 is 0 Å². The molecular formula is C22H25N3OS. The largest absolute Gasteiger partial charge is 0.357 e. The molecule has 5 rings (SSSR count). The van der Waals surface area contributed by atoms with Crippen molar-refractivity contribution in [3.05, 3.63) is 57.9 Å². The molecule has 1 N–H and O–H groups in total. The summed E-state index contributed by atoms with van der Waals surface area (Å²) in [6, 6.07) is 13.0. The number of aromatic amines is 1. The van der Waals surface area contributed by atoms with Crippen LogP contribution in [0.3, 0.4) is 0 Å².